The van der Waals surface area contributed by atoms with Gasteiger partial charge in [0.1, 0.15) is 0 Å². The smallest absolute Gasteiger partial charge is 0.254 e. The predicted molar refractivity (Wildman–Crippen MR) is 69.8 cm³/mol. The van der Waals surface area contributed by atoms with E-state index >= 15 is 0 Å². The molecule has 0 aliphatic heterocycles. The first kappa shape index (κ1) is 13.7. The molecule has 0 radical (unpaired) electrons. The normalized spacial score (nSPS) is 10.1. The van der Waals surface area contributed by atoms with Gasteiger partial charge in [-0.05, 0) is 37.1 Å². The van der Waals surface area contributed by atoms with Crippen molar-refractivity contribution < 1.29 is 9.59 Å². The number of amides is 2. The van der Waals surface area contributed by atoms with Gasteiger partial charge in [0, 0.05) is 17.1 Å². The van der Waals surface area contributed by atoms with E-state index in [9.17, 15) is 9.59 Å². The van der Waals surface area contributed by atoms with E-state index < -0.39 is 5.91 Å². The molecule has 0 aliphatic carbocycles. The second kappa shape index (κ2) is 5.31. The molecule has 0 fully saturated rings. The molecule has 5 heteroatoms. The molecule has 1 aromatic rings. The Bertz CT molecular complexity index is 472. The fourth-order valence-electron chi connectivity index (χ4n) is 1.52. The first-order chi connectivity index (χ1) is 7.82. The van der Waals surface area contributed by atoms with Gasteiger partial charge in [-0.1, -0.05) is 15.9 Å². The summed E-state index contributed by atoms with van der Waals surface area (Å²) in [6.07, 6.45) is 0. The Morgan fingerprint density at radius 3 is 2.41 bits per heavy atom. The second-order valence-electron chi connectivity index (χ2n) is 4.04. The first-order valence-corrected chi connectivity index (χ1v) is 5.92. The lowest BCUT2D eigenvalue weighted by atomic mass is 10.0. The molecule has 0 atom stereocenters. The van der Waals surface area contributed by atoms with Gasteiger partial charge in [-0.3, -0.25) is 9.59 Å². The maximum atomic E-state index is 12.1. The van der Waals surface area contributed by atoms with E-state index in [1.165, 1.54) is 4.90 Å². The number of hydrogen-bond donors (Lipinski definition) is 1. The number of halogens is 1. The van der Waals surface area contributed by atoms with Crippen LogP contribution < -0.4 is 5.73 Å². The summed E-state index contributed by atoms with van der Waals surface area (Å²) in [4.78, 5) is 24.2. The van der Waals surface area contributed by atoms with Crippen LogP contribution in [0, 0.1) is 13.8 Å². The zero-order valence-corrected chi connectivity index (χ0v) is 11.7. The summed E-state index contributed by atoms with van der Waals surface area (Å²) in [5, 5.41) is 0. The molecule has 1 rings (SSSR count). The Hall–Kier alpha value is -1.36. The van der Waals surface area contributed by atoms with Crippen molar-refractivity contribution in [1.29, 1.82) is 0 Å². The summed E-state index contributed by atoms with van der Waals surface area (Å²) in [5.74, 6) is -0.718. The Labute approximate surface area is 109 Å². The van der Waals surface area contributed by atoms with Crippen molar-refractivity contribution in [2.24, 2.45) is 5.73 Å². The van der Waals surface area contributed by atoms with Crippen LogP contribution in [0.15, 0.2) is 16.6 Å². The number of benzene rings is 1. The molecule has 0 aromatic heterocycles. The maximum absolute atomic E-state index is 12.1. The lowest BCUT2D eigenvalue weighted by Gasteiger charge is -2.17. The minimum atomic E-state index is -0.521. The van der Waals surface area contributed by atoms with E-state index in [-0.39, 0.29) is 12.5 Å². The fourth-order valence-corrected chi connectivity index (χ4v) is 1.98. The Balaban J connectivity index is 3.04. The van der Waals surface area contributed by atoms with Gasteiger partial charge in [0.25, 0.3) is 5.91 Å². The lowest BCUT2D eigenvalue weighted by molar-refractivity contribution is -0.118. The monoisotopic (exact) mass is 298 g/mol. The van der Waals surface area contributed by atoms with Crippen LogP contribution in [-0.2, 0) is 4.79 Å². The molecule has 0 saturated heterocycles. The number of carbonyl (C=O) groups is 2. The number of aryl methyl sites for hydroxylation is 2. The molecule has 0 spiro atoms. The molecular formula is C12H15BrN2O2. The molecule has 2 amide bonds. The maximum Gasteiger partial charge on any atom is 0.254 e. The molecule has 1 aromatic carbocycles. The van der Waals surface area contributed by atoms with Crippen LogP contribution >= 0.6 is 15.9 Å². The number of nitrogens with two attached hydrogens (primary N) is 1. The summed E-state index contributed by atoms with van der Waals surface area (Å²) in [6, 6.07) is 3.69. The van der Waals surface area contributed by atoms with Crippen LogP contribution in [0.25, 0.3) is 0 Å². The molecule has 17 heavy (non-hydrogen) atoms. The highest BCUT2D eigenvalue weighted by Crippen LogP contribution is 2.21. The minimum Gasteiger partial charge on any atom is -0.368 e. The van der Waals surface area contributed by atoms with Crippen molar-refractivity contribution in [3.05, 3.63) is 33.3 Å². The molecular weight excluding hydrogens is 284 g/mol. The van der Waals surface area contributed by atoms with Crippen molar-refractivity contribution in [2.45, 2.75) is 13.8 Å². The molecule has 92 valence electrons. The van der Waals surface area contributed by atoms with E-state index in [0.29, 0.717) is 5.56 Å². The van der Waals surface area contributed by atoms with E-state index in [4.69, 9.17) is 5.73 Å². The zero-order valence-electron chi connectivity index (χ0n) is 10.1. The SMILES string of the molecule is Cc1cc(C(=O)N(C)CC(N)=O)c(C)cc1Br. The van der Waals surface area contributed by atoms with Crippen LogP contribution in [0.3, 0.4) is 0 Å². The number of carbonyl (C=O) groups excluding carboxylic acids is 2. The molecule has 0 saturated carbocycles. The fraction of sp³-hybridized carbons (Fsp3) is 0.333. The molecule has 2 N–H and O–H groups in total. The Kier molecular flexibility index (Phi) is 4.28. The van der Waals surface area contributed by atoms with Crippen LogP contribution in [0.4, 0.5) is 0 Å². The standard InChI is InChI=1S/C12H15BrN2O2/c1-7-5-10(13)8(2)4-9(7)12(17)15(3)6-11(14)16/h4-5H,6H2,1-3H3,(H2,14,16). The van der Waals surface area contributed by atoms with Gasteiger partial charge in [-0.25, -0.2) is 0 Å². The highest BCUT2D eigenvalue weighted by Gasteiger charge is 2.16. The van der Waals surface area contributed by atoms with Gasteiger partial charge < -0.3 is 10.6 Å². The summed E-state index contributed by atoms with van der Waals surface area (Å²) in [6.45, 7) is 3.69. The highest BCUT2D eigenvalue weighted by atomic mass is 79.9. The lowest BCUT2D eigenvalue weighted by Crippen LogP contribution is -2.35. The van der Waals surface area contributed by atoms with Gasteiger partial charge in [-0.15, -0.1) is 0 Å². The van der Waals surface area contributed by atoms with Gasteiger partial charge in [0.05, 0.1) is 6.54 Å². The van der Waals surface area contributed by atoms with Crippen LogP contribution in [-0.4, -0.2) is 30.3 Å². The number of primary amides is 1. The van der Waals surface area contributed by atoms with E-state index in [1.54, 1.807) is 13.1 Å². The quantitative estimate of drug-likeness (QED) is 0.922. The van der Waals surface area contributed by atoms with Crippen molar-refractivity contribution in [2.75, 3.05) is 13.6 Å². The van der Waals surface area contributed by atoms with Crippen molar-refractivity contribution in [1.82, 2.24) is 4.90 Å². The van der Waals surface area contributed by atoms with Crippen molar-refractivity contribution in [3.63, 3.8) is 0 Å². The van der Waals surface area contributed by atoms with E-state index in [1.807, 2.05) is 19.9 Å². The Morgan fingerprint density at radius 1 is 1.29 bits per heavy atom. The third-order valence-corrected chi connectivity index (χ3v) is 3.33. The first-order valence-electron chi connectivity index (χ1n) is 5.13. The third kappa shape index (κ3) is 3.30. The highest BCUT2D eigenvalue weighted by molar-refractivity contribution is 9.10. The molecule has 0 bridgehead atoms. The molecule has 0 heterocycles. The average molecular weight is 299 g/mol. The summed E-state index contributed by atoms with van der Waals surface area (Å²) >= 11 is 3.41. The molecule has 0 aliphatic rings. The molecule has 0 unspecified atom stereocenters. The largest absolute Gasteiger partial charge is 0.368 e. The van der Waals surface area contributed by atoms with Crippen LogP contribution in [0.1, 0.15) is 21.5 Å². The Morgan fingerprint density at radius 2 is 1.88 bits per heavy atom. The van der Waals surface area contributed by atoms with Gasteiger partial charge in [-0.2, -0.15) is 0 Å². The summed E-state index contributed by atoms with van der Waals surface area (Å²) in [5.41, 5.74) is 7.50. The van der Waals surface area contributed by atoms with Gasteiger partial charge >= 0.3 is 0 Å². The number of rotatable bonds is 3. The minimum absolute atomic E-state index is 0.0760. The number of likely N-dealkylation sites (N-methyl/N-ethyl adjacent to an activating group) is 1. The summed E-state index contributed by atoms with van der Waals surface area (Å²) < 4.78 is 0.962. The van der Waals surface area contributed by atoms with Crippen molar-refractivity contribution >= 4 is 27.7 Å². The van der Waals surface area contributed by atoms with E-state index in [0.717, 1.165) is 15.6 Å². The van der Waals surface area contributed by atoms with Crippen molar-refractivity contribution in [3.8, 4) is 0 Å². The number of hydrogen-bond acceptors (Lipinski definition) is 2. The third-order valence-electron chi connectivity index (χ3n) is 2.48. The van der Waals surface area contributed by atoms with E-state index in [2.05, 4.69) is 15.9 Å². The predicted octanol–water partition coefficient (Wildman–Crippen LogP) is 1.62. The van der Waals surface area contributed by atoms with Gasteiger partial charge in [0.15, 0.2) is 0 Å². The summed E-state index contributed by atoms with van der Waals surface area (Å²) in [7, 11) is 1.56. The van der Waals surface area contributed by atoms with Crippen LogP contribution in [0.2, 0.25) is 0 Å². The second-order valence-corrected chi connectivity index (χ2v) is 4.90. The van der Waals surface area contributed by atoms with Crippen LogP contribution in [0.5, 0.6) is 0 Å². The average Bonchev–Trinajstić information content (AvgIpc) is 2.21. The zero-order chi connectivity index (χ0) is 13.2. The van der Waals surface area contributed by atoms with Gasteiger partial charge in [0.2, 0.25) is 5.91 Å². The number of nitrogens with zero attached hydrogens (tertiary/aromatic N) is 1. The topological polar surface area (TPSA) is 63.4 Å². The molecule has 4 nitrogen and oxygen atoms in total.